The molecule has 3 rings (SSSR count). The van der Waals surface area contributed by atoms with Crippen molar-refractivity contribution in [2.24, 2.45) is 0 Å². The van der Waals surface area contributed by atoms with Crippen molar-refractivity contribution < 1.29 is 4.92 Å². The van der Waals surface area contributed by atoms with Crippen LogP contribution in [0.25, 0.3) is 0 Å². The van der Waals surface area contributed by atoms with Crippen molar-refractivity contribution >= 4 is 34.7 Å². The first-order valence-electron chi connectivity index (χ1n) is 7.07. The molecule has 2 heterocycles. The van der Waals surface area contributed by atoms with Crippen molar-refractivity contribution in [1.29, 1.82) is 0 Å². The van der Waals surface area contributed by atoms with Gasteiger partial charge in [-0.25, -0.2) is 0 Å². The Kier molecular flexibility index (Phi) is 4.28. The fourth-order valence-electron chi connectivity index (χ4n) is 2.71. The van der Waals surface area contributed by atoms with Gasteiger partial charge >= 0.3 is 5.69 Å². The molecule has 1 aromatic carbocycles. The van der Waals surface area contributed by atoms with Crippen LogP contribution in [0.15, 0.2) is 29.1 Å². The third kappa shape index (κ3) is 2.92. The summed E-state index contributed by atoms with van der Waals surface area (Å²) in [5.74, 6) is 0.264. The van der Waals surface area contributed by atoms with Gasteiger partial charge in [0, 0.05) is 41.2 Å². The summed E-state index contributed by atoms with van der Waals surface area (Å²) in [5, 5.41) is 15.1. The smallest absolute Gasteiger partial charge is 0.310 e. The van der Waals surface area contributed by atoms with Gasteiger partial charge in [0.05, 0.1) is 4.92 Å². The van der Waals surface area contributed by atoms with Gasteiger partial charge in [-0.1, -0.05) is 29.3 Å². The standard InChI is InChI=1S/C15H13Cl2N3O3/c16-11-3-1-4-12(17)10(11)7-9-8-13(20(22)23)14-18-5-2-6-19(14)15(9)21/h1,3-4,8,18H,2,5-7H2. The molecular formula is C15H13Cl2N3O3. The molecule has 1 aliphatic rings. The number of pyridine rings is 1. The molecule has 1 aliphatic heterocycles. The molecule has 0 bridgehead atoms. The van der Waals surface area contributed by atoms with E-state index in [2.05, 4.69) is 5.32 Å². The second-order valence-electron chi connectivity index (χ2n) is 5.27. The van der Waals surface area contributed by atoms with E-state index in [4.69, 9.17) is 23.2 Å². The molecule has 0 spiro atoms. The van der Waals surface area contributed by atoms with Crippen molar-refractivity contribution in [3.63, 3.8) is 0 Å². The first kappa shape index (κ1) is 15.8. The van der Waals surface area contributed by atoms with Gasteiger partial charge in [-0.3, -0.25) is 19.5 Å². The number of nitro groups is 1. The molecule has 2 aromatic rings. The second-order valence-corrected chi connectivity index (χ2v) is 6.09. The van der Waals surface area contributed by atoms with Crippen molar-refractivity contribution in [3.8, 4) is 0 Å². The fourth-order valence-corrected chi connectivity index (χ4v) is 3.24. The number of aromatic nitrogens is 1. The Bertz CT molecular complexity index is 828. The van der Waals surface area contributed by atoms with Crippen LogP contribution in [-0.4, -0.2) is 16.0 Å². The molecule has 0 amide bonds. The number of nitrogens with zero attached hydrogens (tertiary/aromatic N) is 2. The molecule has 0 atom stereocenters. The lowest BCUT2D eigenvalue weighted by Gasteiger charge is -2.20. The largest absolute Gasteiger partial charge is 0.366 e. The molecule has 0 aliphatic carbocycles. The molecule has 0 fully saturated rings. The Balaban J connectivity index is 2.15. The molecule has 6 nitrogen and oxygen atoms in total. The lowest BCUT2D eigenvalue weighted by atomic mass is 10.0. The zero-order chi connectivity index (χ0) is 16.6. The van der Waals surface area contributed by atoms with Crippen LogP contribution in [0, 0.1) is 10.1 Å². The highest BCUT2D eigenvalue weighted by molar-refractivity contribution is 6.36. The molecule has 8 heteroatoms. The first-order chi connectivity index (χ1) is 11.0. The number of hydrogen-bond acceptors (Lipinski definition) is 4. The van der Waals surface area contributed by atoms with Crippen LogP contribution in [0.5, 0.6) is 0 Å². The Hall–Kier alpha value is -2.05. The number of nitrogens with one attached hydrogen (secondary N) is 1. The van der Waals surface area contributed by atoms with E-state index < -0.39 is 4.92 Å². The van der Waals surface area contributed by atoms with E-state index in [1.54, 1.807) is 18.2 Å². The number of rotatable bonds is 3. The summed E-state index contributed by atoms with van der Waals surface area (Å²) in [4.78, 5) is 23.5. The lowest BCUT2D eigenvalue weighted by Crippen LogP contribution is -2.32. The summed E-state index contributed by atoms with van der Waals surface area (Å²) in [5.41, 5.74) is 0.530. The van der Waals surface area contributed by atoms with E-state index in [-0.39, 0.29) is 23.5 Å². The van der Waals surface area contributed by atoms with Crippen molar-refractivity contribution in [1.82, 2.24) is 4.57 Å². The van der Waals surface area contributed by atoms with E-state index in [1.165, 1.54) is 10.6 Å². The third-order valence-corrected chi connectivity index (χ3v) is 4.53. The van der Waals surface area contributed by atoms with Crippen molar-refractivity contribution in [3.05, 3.63) is 65.9 Å². The second kappa shape index (κ2) is 6.22. The van der Waals surface area contributed by atoms with Crippen LogP contribution >= 0.6 is 23.2 Å². The van der Waals surface area contributed by atoms with E-state index in [9.17, 15) is 14.9 Å². The highest BCUT2D eigenvalue weighted by atomic mass is 35.5. The summed E-state index contributed by atoms with van der Waals surface area (Å²) in [6.45, 7) is 1.06. The number of hydrogen-bond donors (Lipinski definition) is 1. The van der Waals surface area contributed by atoms with E-state index in [1.807, 2.05) is 0 Å². The van der Waals surface area contributed by atoms with Gasteiger partial charge in [0.25, 0.3) is 5.56 Å². The summed E-state index contributed by atoms with van der Waals surface area (Å²) in [7, 11) is 0. The highest BCUT2D eigenvalue weighted by Gasteiger charge is 2.25. The molecule has 0 radical (unpaired) electrons. The summed E-state index contributed by atoms with van der Waals surface area (Å²) < 4.78 is 1.42. The first-order valence-corrected chi connectivity index (χ1v) is 7.82. The summed E-state index contributed by atoms with van der Waals surface area (Å²) >= 11 is 12.3. The van der Waals surface area contributed by atoms with Crippen LogP contribution in [0.4, 0.5) is 11.5 Å². The summed E-state index contributed by atoms with van der Waals surface area (Å²) in [6, 6.07) is 6.37. The van der Waals surface area contributed by atoms with Gasteiger partial charge in [-0.15, -0.1) is 0 Å². The van der Waals surface area contributed by atoms with Crippen LogP contribution in [0.3, 0.4) is 0 Å². The molecule has 0 saturated carbocycles. The molecule has 1 aromatic heterocycles. The van der Waals surface area contributed by atoms with Crippen LogP contribution in [0.2, 0.25) is 10.0 Å². The predicted octanol–water partition coefficient (Wildman–Crippen LogP) is 3.47. The van der Waals surface area contributed by atoms with Crippen molar-refractivity contribution in [2.75, 3.05) is 11.9 Å². The van der Waals surface area contributed by atoms with Gasteiger partial charge in [0.15, 0.2) is 5.82 Å². The highest BCUT2D eigenvalue weighted by Crippen LogP contribution is 2.30. The SMILES string of the molecule is O=c1c(Cc2c(Cl)cccc2Cl)cc([N+](=O)[O-])c2n1CCCN2. The third-order valence-electron chi connectivity index (χ3n) is 3.82. The van der Waals surface area contributed by atoms with E-state index in [0.717, 1.165) is 6.42 Å². The average molecular weight is 354 g/mol. The maximum Gasteiger partial charge on any atom is 0.310 e. The van der Waals surface area contributed by atoms with Gasteiger partial charge in [0.1, 0.15) is 0 Å². The number of halogens is 2. The predicted molar refractivity (Wildman–Crippen MR) is 89.7 cm³/mol. The number of anilines is 1. The van der Waals surface area contributed by atoms with Gasteiger partial charge in [-0.05, 0) is 24.1 Å². The van der Waals surface area contributed by atoms with Gasteiger partial charge < -0.3 is 5.32 Å². The minimum absolute atomic E-state index is 0.109. The molecule has 0 unspecified atom stereocenters. The Morgan fingerprint density at radius 3 is 2.65 bits per heavy atom. The zero-order valence-electron chi connectivity index (χ0n) is 12.0. The van der Waals surface area contributed by atoms with E-state index in [0.29, 0.717) is 34.3 Å². The minimum atomic E-state index is -0.485. The molecule has 1 N–H and O–H groups in total. The van der Waals surface area contributed by atoms with Gasteiger partial charge in [-0.2, -0.15) is 0 Å². The maximum atomic E-state index is 12.6. The minimum Gasteiger partial charge on any atom is -0.366 e. The quantitative estimate of drug-likeness (QED) is 0.676. The lowest BCUT2D eigenvalue weighted by molar-refractivity contribution is -0.384. The normalized spacial score (nSPS) is 13.3. The van der Waals surface area contributed by atoms with Crippen molar-refractivity contribution in [2.45, 2.75) is 19.4 Å². The fraction of sp³-hybridized carbons (Fsp3) is 0.267. The van der Waals surface area contributed by atoms with Crippen LogP contribution in [0.1, 0.15) is 17.5 Å². The Morgan fingerprint density at radius 1 is 1.30 bits per heavy atom. The summed E-state index contributed by atoms with van der Waals surface area (Å²) in [6.07, 6.45) is 0.888. The molecule has 23 heavy (non-hydrogen) atoms. The van der Waals surface area contributed by atoms with Crippen LogP contribution < -0.4 is 10.9 Å². The molecule has 0 saturated heterocycles. The monoisotopic (exact) mass is 353 g/mol. The Morgan fingerprint density at radius 2 is 2.00 bits per heavy atom. The number of benzene rings is 1. The Labute approximate surface area is 141 Å². The van der Waals surface area contributed by atoms with Crippen LogP contribution in [-0.2, 0) is 13.0 Å². The maximum absolute atomic E-state index is 12.6. The van der Waals surface area contributed by atoms with E-state index >= 15 is 0 Å². The zero-order valence-corrected chi connectivity index (χ0v) is 13.5. The average Bonchev–Trinajstić information content (AvgIpc) is 2.53. The topological polar surface area (TPSA) is 77.2 Å². The molecular weight excluding hydrogens is 341 g/mol. The number of fused-ring (bicyclic) bond motifs is 1. The van der Waals surface area contributed by atoms with Gasteiger partial charge in [0.2, 0.25) is 0 Å². The molecule has 120 valence electrons.